The Labute approximate surface area is 248 Å². The smallest absolute Gasteiger partial charge is 0.402 e. The number of aliphatic hydroxyl groups excluding tert-OH is 7. The first-order chi connectivity index (χ1) is 21.0. The van der Waals surface area contributed by atoms with E-state index in [1.807, 2.05) is 0 Å². The Kier molecular flexibility index (Phi) is 9.28. The quantitative estimate of drug-likeness (QED) is 0.128. The predicted octanol–water partition coefficient (Wildman–Crippen LogP) is -1.49. The minimum atomic E-state index is -1.88. The van der Waals surface area contributed by atoms with Gasteiger partial charge in [0.2, 0.25) is 12.0 Å². The molecule has 2 aliphatic heterocycles. The van der Waals surface area contributed by atoms with Crippen molar-refractivity contribution in [2.45, 2.75) is 61.4 Å². The highest BCUT2D eigenvalue weighted by Gasteiger charge is 2.51. The average molecular weight is 626 g/mol. The van der Waals surface area contributed by atoms with Crippen LogP contribution in [0, 0.1) is 0 Å². The van der Waals surface area contributed by atoms with E-state index in [2.05, 4.69) is 0 Å². The van der Waals surface area contributed by atoms with E-state index in [1.165, 1.54) is 37.4 Å². The number of benzene rings is 2. The van der Waals surface area contributed by atoms with Gasteiger partial charge >= 0.3 is 11.3 Å². The summed E-state index contributed by atoms with van der Waals surface area (Å²) in [5.41, 5.74) is 0.278. The van der Waals surface area contributed by atoms with Gasteiger partial charge in [-0.25, -0.2) is 4.42 Å². The summed E-state index contributed by atoms with van der Waals surface area (Å²) in [4.78, 5) is 0. The fourth-order valence-corrected chi connectivity index (χ4v) is 5.05. The number of phenols is 3. The lowest BCUT2D eigenvalue weighted by atomic mass is 9.97. The third kappa shape index (κ3) is 5.92. The number of hydrogen-bond acceptors (Lipinski definition) is 15. The van der Waals surface area contributed by atoms with Gasteiger partial charge < -0.3 is 74.7 Å². The number of rotatable bonds is 8. The topological polar surface area (TPSA) is 260 Å². The highest BCUT2D eigenvalue weighted by molar-refractivity contribution is 5.88. The highest BCUT2D eigenvalue weighted by Crippen LogP contribution is 2.42. The van der Waals surface area contributed by atoms with Crippen molar-refractivity contribution >= 4 is 11.0 Å². The van der Waals surface area contributed by atoms with Crippen LogP contribution in [0.3, 0.4) is 0 Å². The summed E-state index contributed by atoms with van der Waals surface area (Å²) >= 11 is 0. The third-order valence-corrected chi connectivity index (χ3v) is 7.47. The summed E-state index contributed by atoms with van der Waals surface area (Å²) in [7, 11) is 1.32. The molecule has 0 aliphatic carbocycles. The van der Waals surface area contributed by atoms with E-state index in [4.69, 9.17) is 28.1 Å². The Bertz CT molecular complexity index is 1470. The van der Waals surface area contributed by atoms with Crippen molar-refractivity contribution in [2.75, 3.05) is 20.3 Å². The van der Waals surface area contributed by atoms with Crippen LogP contribution in [0.15, 0.2) is 40.8 Å². The Hall–Kier alpha value is -3.55. The Balaban J connectivity index is 1.58. The maximum Gasteiger partial charge on any atom is 0.402 e. The molecule has 2 aromatic carbocycles. The van der Waals surface area contributed by atoms with Gasteiger partial charge in [-0.15, -0.1) is 0 Å². The zero-order chi connectivity index (χ0) is 31.9. The first kappa shape index (κ1) is 31.9. The molecule has 240 valence electrons. The van der Waals surface area contributed by atoms with Crippen LogP contribution in [0.4, 0.5) is 0 Å². The molecule has 44 heavy (non-hydrogen) atoms. The molecule has 2 aliphatic rings. The lowest BCUT2D eigenvalue weighted by Crippen LogP contribution is -2.65. The van der Waals surface area contributed by atoms with Crippen molar-refractivity contribution in [1.82, 2.24) is 0 Å². The molecule has 0 spiro atoms. The summed E-state index contributed by atoms with van der Waals surface area (Å²) in [6, 6.07) is 7.73. The van der Waals surface area contributed by atoms with Crippen molar-refractivity contribution in [1.29, 1.82) is 0 Å². The normalized spacial score (nSPS) is 32.5. The number of methoxy groups -OCH3 is 1. The van der Waals surface area contributed by atoms with Crippen LogP contribution in [0.2, 0.25) is 0 Å². The zero-order valence-electron chi connectivity index (χ0n) is 23.1. The molecule has 10 atom stereocenters. The molecule has 16 nitrogen and oxygen atoms in total. The van der Waals surface area contributed by atoms with Gasteiger partial charge in [0.25, 0.3) is 0 Å². The van der Waals surface area contributed by atoms with Crippen molar-refractivity contribution in [3.8, 4) is 40.1 Å². The largest absolute Gasteiger partial charge is 0.507 e. The van der Waals surface area contributed by atoms with Gasteiger partial charge in [0, 0.05) is 18.2 Å². The molecule has 10 unspecified atom stereocenters. The second-order valence-electron chi connectivity index (χ2n) is 10.3. The first-order valence-corrected chi connectivity index (χ1v) is 13.4. The fourth-order valence-electron chi connectivity index (χ4n) is 5.05. The molecule has 2 saturated heterocycles. The minimum absolute atomic E-state index is 0.0132. The van der Waals surface area contributed by atoms with E-state index in [0.717, 1.165) is 6.07 Å². The van der Waals surface area contributed by atoms with E-state index in [0.29, 0.717) is 0 Å². The summed E-state index contributed by atoms with van der Waals surface area (Å²) in [6.45, 7) is -1.53. The highest BCUT2D eigenvalue weighted by atomic mass is 16.8. The maximum atomic E-state index is 11.0. The van der Waals surface area contributed by atoms with Gasteiger partial charge in [-0.05, 0) is 12.1 Å². The van der Waals surface area contributed by atoms with Crippen molar-refractivity contribution in [3.63, 3.8) is 0 Å². The van der Waals surface area contributed by atoms with Crippen LogP contribution >= 0.6 is 0 Å². The number of hydrogen-bond donors (Lipinski definition) is 10. The molecule has 16 heteroatoms. The number of phenolic OH excluding ortho intramolecular Hbond substituents is 3. The lowest BCUT2D eigenvalue weighted by Gasteiger charge is -2.45. The molecule has 0 bridgehead atoms. The molecule has 0 saturated carbocycles. The molecule has 1 aromatic heterocycles. The van der Waals surface area contributed by atoms with Crippen LogP contribution in [0.25, 0.3) is 22.3 Å². The summed E-state index contributed by atoms with van der Waals surface area (Å²) in [6.07, 6.45) is -16.9. The molecule has 0 amide bonds. The second kappa shape index (κ2) is 12.8. The summed E-state index contributed by atoms with van der Waals surface area (Å²) in [5.74, 6) is -1.07. The van der Waals surface area contributed by atoms with Crippen LogP contribution in [-0.2, 0) is 14.2 Å². The second-order valence-corrected chi connectivity index (χ2v) is 10.3. The third-order valence-electron chi connectivity index (χ3n) is 7.47. The maximum absolute atomic E-state index is 11.0. The number of aliphatic hydroxyl groups is 7. The standard InChI is InChI=1S/C28H32O16/c1-39-16-4-10(2-3-13(16)32)25-17(7-12-14(33)5-11(31)6-15(12)40-25)41-28-26(23(37)21(35)19(9-30)43-28)44-27-24(38)22(36)20(34)18(8-29)42-27/h2-7,18-24,26-30,34-38H,8-9H2,1H3,(H2-,31,32,33)/p+1. The number of fused-ring (bicyclic) bond motifs is 1. The minimum Gasteiger partial charge on any atom is -0.507 e. The Morgan fingerprint density at radius 3 is 2.05 bits per heavy atom. The van der Waals surface area contributed by atoms with Gasteiger partial charge in [0.05, 0.1) is 32.0 Å². The molecule has 2 fully saturated rings. The van der Waals surface area contributed by atoms with E-state index in [9.17, 15) is 51.1 Å². The van der Waals surface area contributed by atoms with Crippen LogP contribution < -0.4 is 9.47 Å². The van der Waals surface area contributed by atoms with Crippen LogP contribution in [0.5, 0.6) is 28.7 Å². The van der Waals surface area contributed by atoms with E-state index in [1.54, 1.807) is 0 Å². The summed E-state index contributed by atoms with van der Waals surface area (Å²) < 4.78 is 34.1. The van der Waals surface area contributed by atoms with Crippen molar-refractivity contribution in [3.05, 3.63) is 36.4 Å². The van der Waals surface area contributed by atoms with Gasteiger partial charge in [-0.1, -0.05) is 0 Å². The molecule has 5 rings (SSSR count). The molecule has 3 aromatic rings. The fraction of sp³-hybridized carbons (Fsp3) is 0.464. The molecular formula is C28H33O16+. The monoisotopic (exact) mass is 625 g/mol. The lowest BCUT2D eigenvalue weighted by molar-refractivity contribution is -0.357. The summed E-state index contributed by atoms with van der Waals surface area (Å²) in [5, 5.41) is 102. The van der Waals surface area contributed by atoms with E-state index in [-0.39, 0.29) is 45.3 Å². The van der Waals surface area contributed by atoms with Gasteiger partial charge in [0.15, 0.2) is 23.9 Å². The zero-order valence-corrected chi connectivity index (χ0v) is 23.1. The van der Waals surface area contributed by atoms with Gasteiger partial charge in [-0.3, -0.25) is 0 Å². The molecule has 10 N–H and O–H groups in total. The van der Waals surface area contributed by atoms with E-state index < -0.39 is 80.4 Å². The predicted molar refractivity (Wildman–Crippen MR) is 145 cm³/mol. The number of aromatic hydroxyl groups is 3. The van der Waals surface area contributed by atoms with Crippen LogP contribution in [-0.4, -0.2) is 133 Å². The van der Waals surface area contributed by atoms with Gasteiger partial charge in [0.1, 0.15) is 59.6 Å². The molecule has 0 radical (unpaired) electrons. The molecular weight excluding hydrogens is 592 g/mol. The van der Waals surface area contributed by atoms with Gasteiger partial charge in [-0.2, -0.15) is 0 Å². The average Bonchev–Trinajstić information content (AvgIpc) is 3.00. The Morgan fingerprint density at radius 1 is 0.727 bits per heavy atom. The SMILES string of the molecule is COc1cc(-c2[o+]c3cc(O)cc(O)c3cc2OC2OC(CO)C(O)C(O)C2OC2OC(CO)C(O)C(O)C2O)ccc1O. The molecule has 3 heterocycles. The Morgan fingerprint density at radius 2 is 1.39 bits per heavy atom. The van der Waals surface area contributed by atoms with Crippen molar-refractivity contribution < 1.29 is 79.2 Å². The van der Waals surface area contributed by atoms with Crippen LogP contribution in [0.1, 0.15) is 0 Å². The van der Waals surface area contributed by atoms with Crippen molar-refractivity contribution in [2.24, 2.45) is 0 Å². The van der Waals surface area contributed by atoms with E-state index >= 15 is 0 Å². The first-order valence-electron chi connectivity index (χ1n) is 13.4. The number of ether oxygens (including phenoxy) is 5.